The Balaban J connectivity index is 2.15. The second kappa shape index (κ2) is 4.74. The summed E-state index contributed by atoms with van der Waals surface area (Å²) in [6, 6.07) is 5.36. The van der Waals surface area contributed by atoms with E-state index in [1.54, 1.807) is 0 Å². The molecule has 2 nitrogen and oxygen atoms in total. The van der Waals surface area contributed by atoms with Crippen LogP contribution in [-0.2, 0) is 0 Å². The van der Waals surface area contributed by atoms with E-state index in [4.69, 9.17) is 17.3 Å². The van der Waals surface area contributed by atoms with E-state index in [0.29, 0.717) is 10.9 Å². The minimum atomic E-state index is -0.423. The van der Waals surface area contributed by atoms with Gasteiger partial charge in [0.15, 0.2) is 0 Å². The highest BCUT2D eigenvalue weighted by Crippen LogP contribution is 2.35. The summed E-state index contributed by atoms with van der Waals surface area (Å²) in [6.45, 7) is 1.98. The van der Waals surface area contributed by atoms with Gasteiger partial charge in [-0.05, 0) is 48.9 Å². The number of aliphatic hydroxyl groups excluding tert-OH is 1. The van der Waals surface area contributed by atoms with Gasteiger partial charge in [-0.2, -0.15) is 0 Å². The molecule has 16 heavy (non-hydrogen) atoms. The summed E-state index contributed by atoms with van der Waals surface area (Å²) in [4.78, 5) is 0. The number of hydrogen-bond donors (Lipinski definition) is 2. The molecule has 1 fully saturated rings. The maximum Gasteiger partial charge on any atom is 0.0760 e. The van der Waals surface area contributed by atoms with Crippen LogP contribution >= 0.6 is 11.6 Å². The highest BCUT2D eigenvalue weighted by molar-refractivity contribution is 6.30. The van der Waals surface area contributed by atoms with Crippen LogP contribution in [0.5, 0.6) is 0 Å². The van der Waals surface area contributed by atoms with Gasteiger partial charge in [0.05, 0.1) is 12.1 Å². The molecule has 2 atom stereocenters. The van der Waals surface area contributed by atoms with Gasteiger partial charge in [-0.3, -0.25) is 0 Å². The summed E-state index contributed by atoms with van der Waals surface area (Å²) in [5, 5.41) is 10.8. The van der Waals surface area contributed by atoms with Crippen LogP contribution in [0.15, 0.2) is 18.2 Å². The minimum Gasteiger partial charge on any atom is -0.391 e. The van der Waals surface area contributed by atoms with Crippen molar-refractivity contribution in [1.29, 1.82) is 0 Å². The lowest BCUT2D eigenvalue weighted by Crippen LogP contribution is -2.36. The van der Waals surface area contributed by atoms with Crippen molar-refractivity contribution in [3.05, 3.63) is 34.3 Å². The molecule has 0 aromatic heterocycles. The molecule has 3 N–H and O–H groups in total. The first-order valence-electron chi connectivity index (χ1n) is 5.79. The summed E-state index contributed by atoms with van der Waals surface area (Å²) < 4.78 is 0. The van der Waals surface area contributed by atoms with E-state index in [1.807, 2.05) is 25.1 Å². The fraction of sp³-hybridized carbons (Fsp3) is 0.538. The zero-order chi connectivity index (χ0) is 11.7. The molecule has 0 aliphatic heterocycles. The number of halogens is 1. The third kappa shape index (κ3) is 2.24. The molecule has 0 amide bonds. The molecule has 0 bridgehead atoms. The van der Waals surface area contributed by atoms with Crippen LogP contribution in [0, 0.1) is 12.8 Å². The third-order valence-electron chi connectivity index (χ3n) is 3.59. The van der Waals surface area contributed by atoms with Gasteiger partial charge in [0.2, 0.25) is 0 Å². The van der Waals surface area contributed by atoms with Crippen LogP contribution in [0.1, 0.15) is 36.4 Å². The van der Waals surface area contributed by atoms with E-state index < -0.39 is 6.10 Å². The Hall–Kier alpha value is -0.570. The second-order valence-corrected chi connectivity index (χ2v) is 5.14. The number of aliphatic hydroxyl groups is 1. The molecule has 0 radical (unpaired) electrons. The monoisotopic (exact) mass is 239 g/mol. The molecule has 0 heterocycles. The molecule has 1 saturated carbocycles. The summed E-state index contributed by atoms with van der Waals surface area (Å²) in [5.74, 6) is 0.380. The van der Waals surface area contributed by atoms with Gasteiger partial charge in [0, 0.05) is 5.02 Å². The Labute approximate surface area is 101 Å². The van der Waals surface area contributed by atoms with Gasteiger partial charge in [0.25, 0.3) is 0 Å². The highest BCUT2D eigenvalue weighted by atomic mass is 35.5. The topological polar surface area (TPSA) is 46.2 Å². The highest BCUT2D eigenvalue weighted by Gasteiger charge is 2.31. The van der Waals surface area contributed by atoms with Gasteiger partial charge >= 0.3 is 0 Å². The van der Waals surface area contributed by atoms with Crippen LogP contribution in [0.3, 0.4) is 0 Å². The van der Waals surface area contributed by atoms with Gasteiger partial charge in [0.1, 0.15) is 0 Å². The van der Waals surface area contributed by atoms with Gasteiger partial charge in [-0.1, -0.05) is 24.1 Å². The first-order chi connectivity index (χ1) is 7.59. The van der Waals surface area contributed by atoms with Crippen LogP contribution < -0.4 is 5.73 Å². The van der Waals surface area contributed by atoms with Gasteiger partial charge in [-0.15, -0.1) is 0 Å². The lowest BCUT2D eigenvalue weighted by Gasteiger charge is -2.34. The van der Waals surface area contributed by atoms with Gasteiger partial charge in [-0.25, -0.2) is 0 Å². The van der Waals surface area contributed by atoms with Crippen LogP contribution in [0.25, 0.3) is 0 Å². The SMILES string of the molecule is Cc1cc(Cl)ccc1[C@H](N)[C@H](O)C1CCC1. The minimum absolute atomic E-state index is 0.289. The van der Waals surface area contributed by atoms with Crippen LogP contribution in [0.2, 0.25) is 5.02 Å². The van der Waals surface area contributed by atoms with E-state index in [1.165, 1.54) is 6.42 Å². The average molecular weight is 240 g/mol. The molecule has 1 aromatic rings. The third-order valence-corrected chi connectivity index (χ3v) is 3.83. The van der Waals surface area contributed by atoms with E-state index in [0.717, 1.165) is 24.0 Å². The first kappa shape index (κ1) is 11.9. The Morgan fingerprint density at radius 2 is 2.12 bits per heavy atom. The summed E-state index contributed by atoms with van der Waals surface area (Å²) in [6.07, 6.45) is 2.99. The molecule has 1 aliphatic rings. The molecule has 2 rings (SSSR count). The zero-order valence-corrected chi connectivity index (χ0v) is 10.2. The predicted molar refractivity (Wildman–Crippen MR) is 66.5 cm³/mol. The van der Waals surface area contributed by atoms with E-state index in [-0.39, 0.29) is 6.04 Å². The number of benzene rings is 1. The smallest absolute Gasteiger partial charge is 0.0760 e. The van der Waals surface area contributed by atoms with Crippen molar-refractivity contribution >= 4 is 11.6 Å². The molecular weight excluding hydrogens is 222 g/mol. The Morgan fingerprint density at radius 1 is 1.44 bits per heavy atom. The number of rotatable bonds is 3. The number of hydrogen-bond acceptors (Lipinski definition) is 2. The summed E-state index contributed by atoms with van der Waals surface area (Å²) in [7, 11) is 0. The van der Waals surface area contributed by atoms with Crippen molar-refractivity contribution in [2.24, 2.45) is 11.7 Å². The number of nitrogens with two attached hydrogens (primary N) is 1. The standard InChI is InChI=1S/C13H18ClNO/c1-8-7-10(14)5-6-11(8)12(15)13(16)9-3-2-4-9/h5-7,9,12-13,16H,2-4,15H2,1H3/t12-,13+/m0/s1. The maximum atomic E-state index is 10.1. The second-order valence-electron chi connectivity index (χ2n) is 4.71. The largest absolute Gasteiger partial charge is 0.391 e. The van der Waals surface area contributed by atoms with Crippen molar-refractivity contribution in [3.63, 3.8) is 0 Å². The van der Waals surface area contributed by atoms with Crippen molar-refractivity contribution in [2.75, 3.05) is 0 Å². The van der Waals surface area contributed by atoms with Crippen molar-refractivity contribution in [3.8, 4) is 0 Å². The Kier molecular flexibility index (Phi) is 3.53. The van der Waals surface area contributed by atoms with E-state index >= 15 is 0 Å². The van der Waals surface area contributed by atoms with Crippen molar-refractivity contribution < 1.29 is 5.11 Å². The lowest BCUT2D eigenvalue weighted by molar-refractivity contribution is 0.0412. The Bertz CT molecular complexity index is 376. The average Bonchev–Trinajstić information content (AvgIpc) is 2.14. The molecule has 0 unspecified atom stereocenters. The van der Waals surface area contributed by atoms with Crippen molar-refractivity contribution in [1.82, 2.24) is 0 Å². The fourth-order valence-electron chi connectivity index (χ4n) is 2.27. The summed E-state index contributed by atoms with van der Waals surface area (Å²) in [5.41, 5.74) is 8.16. The fourth-order valence-corrected chi connectivity index (χ4v) is 2.50. The number of aryl methyl sites for hydroxylation is 1. The normalized spacial score (nSPS) is 20.2. The molecule has 0 saturated heterocycles. The summed E-state index contributed by atoms with van der Waals surface area (Å²) >= 11 is 5.90. The van der Waals surface area contributed by atoms with Crippen LogP contribution in [-0.4, -0.2) is 11.2 Å². The quantitative estimate of drug-likeness (QED) is 0.852. The Morgan fingerprint density at radius 3 is 2.62 bits per heavy atom. The van der Waals surface area contributed by atoms with Gasteiger partial charge < -0.3 is 10.8 Å². The molecule has 88 valence electrons. The van der Waals surface area contributed by atoms with Crippen LogP contribution in [0.4, 0.5) is 0 Å². The molecule has 1 aromatic carbocycles. The molecule has 3 heteroatoms. The first-order valence-corrected chi connectivity index (χ1v) is 6.17. The predicted octanol–water partition coefficient (Wildman–Crippen LogP) is 2.81. The van der Waals surface area contributed by atoms with E-state index in [9.17, 15) is 5.11 Å². The lowest BCUT2D eigenvalue weighted by atomic mass is 9.77. The molecule has 1 aliphatic carbocycles. The maximum absolute atomic E-state index is 10.1. The van der Waals surface area contributed by atoms with E-state index in [2.05, 4.69) is 0 Å². The zero-order valence-electron chi connectivity index (χ0n) is 9.49. The molecular formula is C13H18ClNO. The van der Waals surface area contributed by atoms with Crippen molar-refractivity contribution in [2.45, 2.75) is 38.3 Å². The molecule has 0 spiro atoms.